The molecule has 0 aliphatic heterocycles. The molecule has 0 aromatic rings. The lowest BCUT2D eigenvalue weighted by Crippen LogP contribution is -2.47. The molecule has 1 aliphatic rings. The van der Waals surface area contributed by atoms with Crippen LogP contribution in [-0.2, 0) is 14.3 Å². The van der Waals surface area contributed by atoms with E-state index < -0.39 is 22.5 Å². The van der Waals surface area contributed by atoms with Gasteiger partial charge in [0.1, 0.15) is 5.54 Å². The van der Waals surface area contributed by atoms with Gasteiger partial charge in [-0.25, -0.2) is 9.59 Å². The Kier molecular flexibility index (Phi) is 4.32. The number of hydrogen-bond acceptors (Lipinski definition) is 5. The van der Waals surface area contributed by atoms with Crippen molar-refractivity contribution in [3.8, 4) is 0 Å². The van der Waals surface area contributed by atoms with Gasteiger partial charge < -0.3 is 14.8 Å². The van der Waals surface area contributed by atoms with Gasteiger partial charge in [0.25, 0.3) is 0 Å². The number of thiol groups is 1. The van der Waals surface area contributed by atoms with Crippen molar-refractivity contribution in [3.05, 3.63) is 12.7 Å². The molecule has 102 valence electrons. The third kappa shape index (κ3) is 3.41. The maximum atomic E-state index is 11.8. The quantitative estimate of drug-likeness (QED) is 0.347. The first-order valence-corrected chi connectivity index (χ1v) is 6.23. The van der Waals surface area contributed by atoms with Crippen molar-refractivity contribution in [3.63, 3.8) is 0 Å². The Labute approximate surface area is 112 Å². The molecule has 0 saturated heterocycles. The predicted molar refractivity (Wildman–Crippen MR) is 70.3 cm³/mol. The highest BCUT2D eigenvalue weighted by atomic mass is 32.1. The van der Waals surface area contributed by atoms with Crippen LogP contribution in [0.1, 0.15) is 27.2 Å². The SMILES string of the molecule is C=C[C@@H]1C[C@]1(NC(=O)OC(C)(C)S)C(=O)OCC. The van der Waals surface area contributed by atoms with E-state index in [1.165, 1.54) is 0 Å². The number of amides is 1. The van der Waals surface area contributed by atoms with Crippen LogP contribution < -0.4 is 5.32 Å². The highest BCUT2D eigenvalue weighted by Crippen LogP contribution is 2.45. The third-order valence-electron chi connectivity index (χ3n) is 2.61. The first-order chi connectivity index (χ1) is 8.25. The Morgan fingerprint density at radius 3 is 2.61 bits per heavy atom. The minimum Gasteiger partial charge on any atom is -0.464 e. The van der Waals surface area contributed by atoms with E-state index in [0.29, 0.717) is 6.42 Å². The summed E-state index contributed by atoms with van der Waals surface area (Å²) in [6, 6.07) is 0. The van der Waals surface area contributed by atoms with E-state index in [2.05, 4.69) is 24.5 Å². The Balaban J connectivity index is 2.68. The zero-order chi connectivity index (χ0) is 14.0. The molecule has 0 unspecified atom stereocenters. The number of alkyl carbamates (subject to hydrolysis) is 1. The normalized spacial score (nSPS) is 26.1. The Bertz CT molecular complexity index is 364. The molecule has 0 heterocycles. The number of rotatable bonds is 5. The van der Waals surface area contributed by atoms with Crippen LogP contribution in [0.2, 0.25) is 0 Å². The average Bonchev–Trinajstić information content (AvgIpc) is 2.90. The van der Waals surface area contributed by atoms with Crippen LogP contribution in [0.25, 0.3) is 0 Å². The fourth-order valence-electron chi connectivity index (χ4n) is 1.70. The summed E-state index contributed by atoms with van der Waals surface area (Å²) in [6.45, 7) is 8.86. The number of nitrogens with one attached hydrogen (secondary N) is 1. The lowest BCUT2D eigenvalue weighted by Gasteiger charge is -2.22. The van der Waals surface area contributed by atoms with E-state index in [0.717, 1.165) is 0 Å². The van der Waals surface area contributed by atoms with Crippen LogP contribution in [0.3, 0.4) is 0 Å². The standard InChI is InChI=1S/C12H19NO4S/c1-5-8-7-12(8,9(14)16-6-2)13-10(15)17-11(3,4)18/h5,8,18H,1,6-7H2,2-4H3,(H,13,15)/t8-,12-/m1/s1. The molecule has 18 heavy (non-hydrogen) atoms. The molecule has 0 aromatic carbocycles. The van der Waals surface area contributed by atoms with Gasteiger partial charge in [0.05, 0.1) is 6.61 Å². The van der Waals surface area contributed by atoms with Gasteiger partial charge in [-0.05, 0) is 27.2 Å². The fraction of sp³-hybridized carbons (Fsp3) is 0.667. The molecule has 0 radical (unpaired) electrons. The van der Waals surface area contributed by atoms with E-state index >= 15 is 0 Å². The van der Waals surface area contributed by atoms with Gasteiger partial charge in [-0.2, -0.15) is 0 Å². The minimum absolute atomic E-state index is 0.118. The Morgan fingerprint density at radius 2 is 2.22 bits per heavy atom. The van der Waals surface area contributed by atoms with Crippen LogP contribution in [0, 0.1) is 5.92 Å². The second-order valence-electron chi connectivity index (χ2n) is 4.70. The molecule has 0 bridgehead atoms. The summed E-state index contributed by atoms with van der Waals surface area (Å²) in [5.74, 6) is -0.573. The molecule has 1 amide bonds. The molecule has 1 fully saturated rings. The molecule has 1 saturated carbocycles. The lowest BCUT2D eigenvalue weighted by atomic mass is 10.2. The molecule has 1 aliphatic carbocycles. The molecule has 6 heteroatoms. The minimum atomic E-state index is -1.02. The Hall–Kier alpha value is -1.17. The highest BCUT2D eigenvalue weighted by Gasteiger charge is 2.61. The molecule has 5 nitrogen and oxygen atoms in total. The van der Waals surface area contributed by atoms with Crippen molar-refractivity contribution in [2.45, 2.75) is 37.7 Å². The zero-order valence-corrected chi connectivity index (χ0v) is 11.8. The van der Waals surface area contributed by atoms with E-state index in [1.807, 2.05) is 0 Å². The Morgan fingerprint density at radius 1 is 1.61 bits per heavy atom. The number of esters is 1. The number of ether oxygens (including phenoxy) is 2. The molecule has 0 aromatic heterocycles. The van der Waals surface area contributed by atoms with Gasteiger partial charge in [0, 0.05) is 5.92 Å². The van der Waals surface area contributed by atoms with Crippen molar-refractivity contribution in [2.24, 2.45) is 5.92 Å². The molecule has 2 atom stereocenters. The monoisotopic (exact) mass is 273 g/mol. The van der Waals surface area contributed by atoms with E-state index in [9.17, 15) is 9.59 Å². The molecular weight excluding hydrogens is 254 g/mol. The number of hydrogen-bond donors (Lipinski definition) is 2. The summed E-state index contributed by atoms with van der Waals surface area (Å²) in [7, 11) is 0. The second-order valence-corrected chi connectivity index (χ2v) is 5.78. The first kappa shape index (κ1) is 14.9. The summed E-state index contributed by atoms with van der Waals surface area (Å²) < 4.78 is 9.96. The largest absolute Gasteiger partial charge is 0.464 e. The van der Waals surface area contributed by atoms with Gasteiger partial charge in [0.2, 0.25) is 0 Å². The van der Waals surface area contributed by atoms with Crippen LogP contribution in [-0.4, -0.2) is 29.1 Å². The lowest BCUT2D eigenvalue weighted by molar-refractivity contribution is -0.147. The fourth-order valence-corrected chi connectivity index (χ4v) is 1.78. The van der Waals surface area contributed by atoms with Crippen molar-refractivity contribution >= 4 is 24.7 Å². The van der Waals surface area contributed by atoms with Crippen LogP contribution in [0.4, 0.5) is 4.79 Å². The molecule has 1 N–H and O–H groups in total. The van der Waals surface area contributed by atoms with E-state index in [4.69, 9.17) is 9.47 Å². The van der Waals surface area contributed by atoms with Crippen LogP contribution >= 0.6 is 12.6 Å². The van der Waals surface area contributed by atoms with Crippen LogP contribution in [0.5, 0.6) is 0 Å². The first-order valence-electron chi connectivity index (χ1n) is 5.78. The smallest absolute Gasteiger partial charge is 0.409 e. The van der Waals surface area contributed by atoms with Gasteiger partial charge in [0.15, 0.2) is 4.93 Å². The molecular formula is C12H19NO4S. The van der Waals surface area contributed by atoms with E-state index in [-0.39, 0.29) is 12.5 Å². The summed E-state index contributed by atoms with van der Waals surface area (Å²) in [4.78, 5) is 22.6. The van der Waals surface area contributed by atoms with Crippen molar-refractivity contribution < 1.29 is 19.1 Å². The molecule has 1 rings (SSSR count). The van der Waals surface area contributed by atoms with Gasteiger partial charge in [-0.1, -0.05) is 6.08 Å². The maximum absolute atomic E-state index is 11.8. The highest BCUT2D eigenvalue weighted by molar-refractivity contribution is 7.81. The van der Waals surface area contributed by atoms with Crippen LogP contribution in [0.15, 0.2) is 12.7 Å². The number of carbonyl (C=O) groups excluding carboxylic acids is 2. The second kappa shape index (κ2) is 5.22. The topological polar surface area (TPSA) is 64.6 Å². The maximum Gasteiger partial charge on any atom is 0.409 e. The summed E-state index contributed by atoms with van der Waals surface area (Å²) >= 11 is 4.08. The summed E-state index contributed by atoms with van der Waals surface area (Å²) in [6.07, 6.45) is 1.42. The van der Waals surface area contributed by atoms with Crippen molar-refractivity contribution in [1.82, 2.24) is 5.32 Å². The predicted octanol–water partition coefficient (Wildman–Crippen LogP) is 1.89. The van der Waals surface area contributed by atoms with Gasteiger partial charge in [-0.3, -0.25) is 0 Å². The van der Waals surface area contributed by atoms with Crippen molar-refractivity contribution in [2.75, 3.05) is 6.61 Å². The summed E-state index contributed by atoms with van der Waals surface area (Å²) in [5, 5.41) is 2.55. The zero-order valence-electron chi connectivity index (χ0n) is 10.9. The van der Waals surface area contributed by atoms with Gasteiger partial charge >= 0.3 is 12.1 Å². The third-order valence-corrected chi connectivity index (χ3v) is 2.70. The molecule has 0 spiro atoms. The summed E-state index contributed by atoms with van der Waals surface area (Å²) in [5.41, 5.74) is -1.02. The number of carbonyl (C=O) groups is 2. The van der Waals surface area contributed by atoms with E-state index in [1.54, 1.807) is 26.8 Å². The van der Waals surface area contributed by atoms with Crippen molar-refractivity contribution in [1.29, 1.82) is 0 Å². The van der Waals surface area contributed by atoms with Gasteiger partial charge in [-0.15, -0.1) is 19.2 Å². The average molecular weight is 273 g/mol.